The summed E-state index contributed by atoms with van der Waals surface area (Å²) >= 11 is 0. The van der Waals surface area contributed by atoms with Gasteiger partial charge in [0.05, 0.1) is 13.2 Å². The third-order valence-corrected chi connectivity index (χ3v) is 4.48. The van der Waals surface area contributed by atoms with Gasteiger partial charge in [-0.3, -0.25) is 4.18 Å². The third-order valence-electron chi connectivity index (χ3n) is 3.41. The average molecular weight is 354 g/mol. The highest BCUT2D eigenvalue weighted by Gasteiger charge is 2.59. The number of ether oxygens (including phenoxy) is 3. The number of hydrogen-bond acceptors (Lipinski definition) is 6. The molecule has 6 nitrogen and oxygen atoms in total. The van der Waals surface area contributed by atoms with Crippen molar-refractivity contribution in [2.24, 2.45) is 0 Å². The molecule has 1 aromatic carbocycles. The van der Waals surface area contributed by atoms with Gasteiger partial charge in [-0.2, -0.15) is 21.6 Å². The van der Waals surface area contributed by atoms with Crippen LogP contribution in [0.5, 0.6) is 0 Å². The Bertz CT molecular complexity index is 647. The van der Waals surface area contributed by atoms with Crippen LogP contribution in [0.25, 0.3) is 0 Å². The molecule has 0 bridgehead atoms. The topological polar surface area (TPSA) is 74.4 Å². The molecule has 0 spiro atoms. The molecule has 2 saturated heterocycles. The van der Waals surface area contributed by atoms with E-state index in [1.807, 2.05) is 30.3 Å². The average Bonchev–Trinajstić information content (AvgIpc) is 3.27. The van der Waals surface area contributed by atoms with Gasteiger partial charge in [0.1, 0.15) is 18.3 Å². The van der Waals surface area contributed by atoms with Gasteiger partial charge in [0.25, 0.3) is 0 Å². The van der Waals surface area contributed by atoms with E-state index in [4.69, 9.17) is 14.2 Å². The lowest BCUT2D eigenvalue weighted by atomic mass is 10.1. The second-order valence-corrected chi connectivity index (χ2v) is 6.66. The molecule has 1 aromatic rings. The lowest BCUT2D eigenvalue weighted by Crippen LogP contribution is -2.43. The summed E-state index contributed by atoms with van der Waals surface area (Å²) in [5.74, 6) is 0. The zero-order chi connectivity index (χ0) is 16.7. The Balaban J connectivity index is 1.53. The first kappa shape index (κ1) is 16.7. The summed E-state index contributed by atoms with van der Waals surface area (Å²) in [6.45, 7) is -0.125. The minimum atomic E-state index is -5.68. The lowest BCUT2D eigenvalue weighted by molar-refractivity contribution is -0.180. The summed E-state index contributed by atoms with van der Waals surface area (Å²) in [7, 11) is -5.68. The summed E-state index contributed by atoms with van der Waals surface area (Å²) in [4.78, 5) is 0. The van der Waals surface area contributed by atoms with Crippen LogP contribution in [0.1, 0.15) is 5.56 Å². The first-order valence-corrected chi connectivity index (χ1v) is 8.11. The number of alkyl halides is 3. The number of hydrogen-bond donors (Lipinski definition) is 0. The second-order valence-electron chi connectivity index (χ2n) is 5.10. The fourth-order valence-corrected chi connectivity index (χ4v) is 2.83. The van der Waals surface area contributed by atoms with Crippen molar-refractivity contribution in [3.8, 4) is 0 Å². The van der Waals surface area contributed by atoms with E-state index < -0.39 is 40.2 Å². The molecule has 0 radical (unpaired) electrons. The summed E-state index contributed by atoms with van der Waals surface area (Å²) in [5, 5.41) is 0. The highest BCUT2D eigenvalue weighted by Crippen LogP contribution is 2.39. The van der Waals surface area contributed by atoms with Crippen LogP contribution in [-0.2, 0) is 35.1 Å². The molecular formula is C13H13F3O6S. The minimum Gasteiger partial charge on any atom is -0.361 e. The van der Waals surface area contributed by atoms with Crippen molar-refractivity contribution in [3.63, 3.8) is 0 Å². The fraction of sp³-hybridized carbons (Fsp3) is 0.538. The van der Waals surface area contributed by atoms with Crippen molar-refractivity contribution in [1.29, 1.82) is 0 Å². The molecule has 0 saturated carbocycles. The van der Waals surface area contributed by atoms with Crippen LogP contribution in [0.2, 0.25) is 0 Å². The molecule has 2 aliphatic heterocycles. The molecule has 0 unspecified atom stereocenters. The Kier molecular flexibility index (Phi) is 4.36. The largest absolute Gasteiger partial charge is 0.523 e. The van der Waals surface area contributed by atoms with Crippen LogP contribution in [-0.4, -0.2) is 45.1 Å². The van der Waals surface area contributed by atoms with Gasteiger partial charge in [-0.25, -0.2) is 0 Å². The lowest BCUT2D eigenvalue weighted by Gasteiger charge is -2.25. The molecule has 2 aliphatic rings. The van der Waals surface area contributed by atoms with Gasteiger partial charge in [0.15, 0.2) is 6.29 Å². The van der Waals surface area contributed by atoms with E-state index in [2.05, 4.69) is 4.18 Å². The molecule has 128 valence electrons. The van der Waals surface area contributed by atoms with E-state index in [-0.39, 0.29) is 13.2 Å². The SMILES string of the molecule is O=S(=O)(O[C@H]1CO[C@H](OCc2ccccc2)[C@@H]2O[C@@H]21)C(F)(F)F. The molecule has 23 heavy (non-hydrogen) atoms. The fourth-order valence-electron chi connectivity index (χ4n) is 2.23. The Morgan fingerprint density at radius 3 is 2.52 bits per heavy atom. The molecule has 0 N–H and O–H groups in total. The molecular weight excluding hydrogens is 341 g/mol. The van der Waals surface area contributed by atoms with Crippen LogP contribution in [0.3, 0.4) is 0 Å². The molecule has 2 fully saturated rings. The van der Waals surface area contributed by atoms with Crippen LogP contribution < -0.4 is 0 Å². The Labute approximate surface area is 130 Å². The van der Waals surface area contributed by atoms with Crippen molar-refractivity contribution in [1.82, 2.24) is 0 Å². The number of rotatable bonds is 5. The highest BCUT2D eigenvalue weighted by molar-refractivity contribution is 7.87. The van der Waals surface area contributed by atoms with Crippen LogP contribution in [0.15, 0.2) is 30.3 Å². The van der Waals surface area contributed by atoms with E-state index >= 15 is 0 Å². The van der Waals surface area contributed by atoms with E-state index in [1.54, 1.807) is 0 Å². The maximum absolute atomic E-state index is 12.3. The van der Waals surface area contributed by atoms with Crippen molar-refractivity contribution >= 4 is 10.1 Å². The van der Waals surface area contributed by atoms with E-state index in [9.17, 15) is 21.6 Å². The first-order chi connectivity index (χ1) is 10.8. The van der Waals surface area contributed by atoms with Crippen molar-refractivity contribution in [3.05, 3.63) is 35.9 Å². The molecule has 4 atom stereocenters. The maximum atomic E-state index is 12.3. The van der Waals surface area contributed by atoms with Crippen LogP contribution in [0, 0.1) is 0 Å². The molecule has 0 aliphatic carbocycles. The van der Waals surface area contributed by atoms with Crippen molar-refractivity contribution in [2.45, 2.75) is 36.7 Å². The molecule has 3 rings (SSSR count). The third kappa shape index (κ3) is 3.66. The molecule has 0 amide bonds. The number of fused-ring (bicyclic) bond motifs is 1. The number of epoxide rings is 1. The zero-order valence-electron chi connectivity index (χ0n) is 11.6. The summed E-state index contributed by atoms with van der Waals surface area (Å²) in [5.41, 5.74) is -4.58. The van der Waals surface area contributed by atoms with Crippen LogP contribution in [0.4, 0.5) is 13.2 Å². The summed E-state index contributed by atoms with van der Waals surface area (Å²) in [6, 6.07) is 9.21. The summed E-state index contributed by atoms with van der Waals surface area (Å²) in [6.07, 6.45) is -3.53. The van der Waals surface area contributed by atoms with E-state index in [0.717, 1.165) is 5.56 Å². The van der Waals surface area contributed by atoms with Gasteiger partial charge in [-0.15, -0.1) is 0 Å². The second kappa shape index (κ2) is 6.02. The number of benzene rings is 1. The van der Waals surface area contributed by atoms with E-state index in [1.165, 1.54) is 0 Å². The van der Waals surface area contributed by atoms with Gasteiger partial charge < -0.3 is 14.2 Å². The zero-order valence-corrected chi connectivity index (χ0v) is 12.4. The first-order valence-electron chi connectivity index (χ1n) is 6.70. The van der Waals surface area contributed by atoms with E-state index in [0.29, 0.717) is 0 Å². The van der Waals surface area contributed by atoms with Crippen molar-refractivity contribution in [2.75, 3.05) is 6.61 Å². The van der Waals surface area contributed by atoms with Gasteiger partial charge in [0, 0.05) is 0 Å². The van der Waals surface area contributed by atoms with Crippen molar-refractivity contribution < 1.29 is 40.0 Å². The number of halogens is 3. The van der Waals surface area contributed by atoms with Crippen LogP contribution >= 0.6 is 0 Å². The predicted octanol–water partition coefficient (Wildman–Crippen LogP) is 1.56. The highest BCUT2D eigenvalue weighted by atomic mass is 32.2. The maximum Gasteiger partial charge on any atom is 0.523 e. The molecule has 0 aromatic heterocycles. The van der Waals surface area contributed by atoms with Gasteiger partial charge in [0.2, 0.25) is 0 Å². The van der Waals surface area contributed by atoms with Gasteiger partial charge in [-0.05, 0) is 5.56 Å². The summed E-state index contributed by atoms with van der Waals surface area (Å²) < 4.78 is 78.9. The molecule has 10 heteroatoms. The van der Waals surface area contributed by atoms with Gasteiger partial charge >= 0.3 is 15.6 Å². The standard InChI is InChI=1S/C13H13F3O6S/c14-13(15,16)23(17,18)22-9-7-20-12(11-10(9)21-11)19-6-8-4-2-1-3-5-8/h1-5,9-12H,6-7H2/t9-,10+,11+,12-/m0/s1. The minimum absolute atomic E-state index is 0.241. The van der Waals surface area contributed by atoms with Gasteiger partial charge in [-0.1, -0.05) is 30.3 Å². The quantitative estimate of drug-likeness (QED) is 0.454. The predicted molar refractivity (Wildman–Crippen MR) is 69.5 cm³/mol. The monoisotopic (exact) mass is 354 g/mol. The smallest absolute Gasteiger partial charge is 0.361 e. The molecule has 2 heterocycles. The Morgan fingerprint density at radius 2 is 1.87 bits per heavy atom. The normalized spacial score (nSPS) is 30.7. The Hall–Kier alpha value is -1.20. The Morgan fingerprint density at radius 1 is 1.17 bits per heavy atom.